The van der Waals surface area contributed by atoms with E-state index in [9.17, 15) is 26.7 Å². The highest BCUT2D eigenvalue weighted by atomic mass is 19.3. The van der Waals surface area contributed by atoms with E-state index < -0.39 is 35.4 Å². The topological polar surface area (TPSA) is 41.6 Å². The van der Waals surface area contributed by atoms with Crippen LogP contribution >= 0.6 is 0 Å². The molecule has 1 atom stereocenters. The van der Waals surface area contributed by atoms with Crippen molar-refractivity contribution < 1.29 is 31.5 Å². The Labute approximate surface area is 188 Å². The average Bonchev–Trinajstić information content (AvgIpc) is 2.95. The van der Waals surface area contributed by atoms with Gasteiger partial charge in [-0.25, -0.2) is 22.0 Å². The van der Waals surface area contributed by atoms with Gasteiger partial charge in [-0.15, -0.1) is 0 Å². The van der Waals surface area contributed by atoms with E-state index >= 15 is 0 Å². The number of aryl methyl sites for hydroxylation is 1. The average molecular weight is 468 g/mol. The Morgan fingerprint density at radius 1 is 1.09 bits per heavy atom. The number of nitrogens with one attached hydrogen (secondary N) is 1. The van der Waals surface area contributed by atoms with Gasteiger partial charge in [0, 0.05) is 44.1 Å². The van der Waals surface area contributed by atoms with Crippen molar-refractivity contribution in [2.75, 3.05) is 29.9 Å². The molecule has 9 heteroatoms. The standard InChI is InChI=1S/C24H25F5N2O2/c1-14-6-19(11-20(27)23(14)30-22(32)7-15-12-24(28,29)13-15)31-3-2-21(33-5-4-31)16-8-17(25)10-18(26)9-16/h6,8-11,15,21H,2-5,7,12-13H2,1H3,(H,30,32)/t21-/m1/s1. The van der Waals surface area contributed by atoms with E-state index in [1.807, 2.05) is 4.90 Å². The lowest BCUT2D eigenvalue weighted by atomic mass is 9.79. The van der Waals surface area contributed by atoms with E-state index in [1.54, 1.807) is 13.0 Å². The van der Waals surface area contributed by atoms with Crippen molar-refractivity contribution in [3.63, 3.8) is 0 Å². The van der Waals surface area contributed by atoms with Gasteiger partial charge in [-0.05, 0) is 54.7 Å². The summed E-state index contributed by atoms with van der Waals surface area (Å²) in [4.78, 5) is 14.1. The smallest absolute Gasteiger partial charge is 0.248 e. The molecule has 1 aliphatic carbocycles. The molecule has 0 radical (unpaired) electrons. The van der Waals surface area contributed by atoms with Crippen molar-refractivity contribution in [2.24, 2.45) is 5.92 Å². The number of halogens is 5. The molecule has 178 valence electrons. The Morgan fingerprint density at radius 2 is 1.79 bits per heavy atom. The summed E-state index contributed by atoms with van der Waals surface area (Å²) in [5, 5.41) is 2.51. The highest BCUT2D eigenvalue weighted by Crippen LogP contribution is 2.44. The van der Waals surface area contributed by atoms with Crippen molar-refractivity contribution in [1.29, 1.82) is 0 Å². The summed E-state index contributed by atoms with van der Waals surface area (Å²) in [6, 6.07) is 6.34. The number of carbonyl (C=O) groups excluding carboxylic acids is 1. The second-order valence-electron chi connectivity index (χ2n) is 8.84. The van der Waals surface area contributed by atoms with E-state index in [0.717, 1.165) is 6.07 Å². The van der Waals surface area contributed by atoms with Crippen LogP contribution < -0.4 is 10.2 Å². The number of anilines is 2. The van der Waals surface area contributed by atoms with Crippen LogP contribution in [-0.2, 0) is 9.53 Å². The highest BCUT2D eigenvalue weighted by Gasteiger charge is 2.45. The Kier molecular flexibility index (Phi) is 6.61. The molecule has 0 bridgehead atoms. The van der Waals surface area contributed by atoms with Crippen molar-refractivity contribution in [1.82, 2.24) is 0 Å². The van der Waals surface area contributed by atoms with Crippen molar-refractivity contribution in [3.8, 4) is 0 Å². The van der Waals surface area contributed by atoms with Gasteiger partial charge < -0.3 is 15.0 Å². The minimum absolute atomic E-state index is 0.0361. The maximum Gasteiger partial charge on any atom is 0.248 e. The molecule has 4 nitrogen and oxygen atoms in total. The fourth-order valence-electron chi connectivity index (χ4n) is 4.50. The third-order valence-corrected chi connectivity index (χ3v) is 6.15. The van der Waals surface area contributed by atoms with Crippen LogP contribution in [0.1, 0.15) is 42.9 Å². The molecule has 4 rings (SSSR count). The second kappa shape index (κ2) is 9.29. The Bertz CT molecular complexity index is 994. The third-order valence-electron chi connectivity index (χ3n) is 6.15. The van der Waals surface area contributed by atoms with Crippen molar-refractivity contribution >= 4 is 17.3 Å². The number of nitrogens with zero attached hydrogens (tertiary/aromatic N) is 1. The molecule has 2 fully saturated rings. The molecule has 0 unspecified atom stereocenters. The van der Waals surface area contributed by atoms with Crippen LogP contribution in [0.3, 0.4) is 0 Å². The highest BCUT2D eigenvalue weighted by molar-refractivity contribution is 5.92. The van der Waals surface area contributed by atoms with Gasteiger partial charge in [0.2, 0.25) is 11.8 Å². The van der Waals surface area contributed by atoms with Gasteiger partial charge in [-0.3, -0.25) is 4.79 Å². The van der Waals surface area contributed by atoms with Crippen LogP contribution in [0.25, 0.3) is 0 Å². The predicted molar refractivity (Wildman–Crippen MR) is 114 cm³/mol. The van der Waals surface area contributed by atoms with Crippen LogP contribution in [0.4, 0.5) is 33.3 Å². The fourth-order valence-corrected chi connectivity index (χ4v) is 4.50. The third kappa shape index (κ3) is 5.63. The SMILES string of the molecule is Cc1cc(N2CCO[C@@H](c3cc(F)cc(F)c3)CC2)cc(F)c1NC(=O)CC1CC(F)(F)C1. The first-order valence-electron chi connectivity index (χ1n) is 10.9. The fraction of sp³-hybridized carbons (Fsp3) is 0.458. The van der Waals surface area contributed by atoms with Gasteiger partial charge in [0.1, 0.15) is 17.5 Å². The van der Waals surface area contributed by atoms with Gasteiger partial charge in [0.05, 0.1) is 18.4 Å². The van der Waals surface area contributed by atoms with Crippen LogP contribution in [0.2, 0.25) is 0 Å². The van der Waals surface area contributed by atoms with Crippen LogP contribution in [-0.4, -0.2) is 31.5 Å². The van der Waals surface area contributed by atoms with Gasteiger partial charge in [-0.1, -0.05) is 0 Å². The molecule has 0 spiro atoms. The summed E-state index contributed by atoms with van der Waals surface area (Å²) in [6.07, 6.45) is -0.735. The number of rotatable bonds is 5. The number of alkyl halides is 2. The summed E-state index contributed by atoms with van der Waals surface area (Å²) < 4.78 is 73.7. The monoisotopic (exact) mass is 468 g/mol. The lowest BCUT2D eigenvalue weighted by Gasteiger charge is -2.34. The molecule has 1 aliphatic heterocycles. The minimum atomic E-state index is -2.70. The summed E-state index contributed by atoms with van der Waals surface area (Å²) >= 11 is 0. The number of benzene rings is 2. The maximum absolute atomic E-state index is 14.8. The molecule has 1 amide bonds. The van der Waals surface area contributed by atoms with Gasteiger partial charge in [0.25, 0.3) is 0 Å². The molecular formula is C24H25F5N2O2. The maximum atomic E-state index is 14.8. The van der Waals surface area contributed by atoms with E-state index in [2.05, 4.69) is 5.32 Å². The summed E-state index contributed by atoms with van der Waals surface area (Å²) in [6.45, 7) is 2.87. The second-order valence-corrected chi connectivity index (χ2v) is 8.84. The molecule has 2 aromatic carbocycles. The largest absolute Gasteiger partial charge is 0.372 e. The lowest BCUT2D eigenvalue weighted by Crippen LogP contribution is -2.37. The normalized spacial score (nSPS) is 20.8. The quantitative estimate of drug-likeness (QED) is 0.568. The molecule has 33 heavy (non-hydrogen) atoms. The molecule has 1 N–H and O–H groups in total. The number of ether oxygens (including phenoxy) is 1. The van der Waals surface area contributed by atoms with Crippen LogP contribution in [0.5, 0.6) is 0 Å². The molecule has 1 saturated heterocycles. The van der Waals surface area contributed by atoms with Crippen molar-refractivity contribution in [3.05, 3.63) is 58.9 Å². The van der Waals surface area contributed by atoms with Crippen LogP contribution in [0.15, 0.2) is 30.3 Å². The van der Waals surface area contributed by atoms with Gasteiger partial charge in [-0.2, -0.15) is 0 Å². The molecule has 2 aromatic rings. The molecule has 1 saturated carbocycles. The van der Waals surface area contributed by atoms with Gasteiger partial charge >= 0.3 is 0 Å². The van der Waals surface area contributed by atoms with Crippen molar-refractivity contribution in [2.45, 2.75) is 44.6 Å². The Balaban J connectivity index is 1.40. The first-order chi connectivity index (χ1) is 15.6. The summed E-state index contributed by atoms with van der Waals surface area (Å²) in [7, 11) is 0. The van der Waals surface area contributed by atoms with E-state index in [4.69, 9.17) is 4.74 Å². The first-order valence-corrected chi connectivity index (χ1v) is 10.9. The summed E-state index contributed by atoms with van der Waals surface area (Å²) in [5.41, 5.74) is 1.55. The van der Waals surface area contributed by atoms with Gasteiger partial charge in [0.15, 0.2) is 0 Å². The first kappa shape index (κ1) is 23.5. The molecule has 1 heterocycles. The predicted octanol–water partition coefficient (Wildman–Crippen LogP) is 5.75. The van der Waals surface area contributed by atoms with E-state index in [-0.39, 0.29) is 37.5 Å². The number of amides is 1. The Hall–Kier alpha value is -2.68. The molecule has 2 aliphatic rings. The summed E-state index contributed by atoms with van der Waals surface area (Å²) in [5.74, 6) is -5.54. The Morgan fingerprint density at radius 3 is 2.42 bits per heavy atom. The zero-order chi connectivity index (χ0) is 23.8. The zero-order valence-electron chi connectivity index (χ0n) is 18.1. The number of hydrogen-bond acceptors (Lipinski definition) is 3. The lowest BCUT2D eigenvalue weighted by molar-refractivity contribution is -0.129. The molecule has 0 aromatic heterocycles. The van der Waals surface area contributed by atoms with E-state index in [1.165, 1.54) is 18.2 Å². The van der Waals surface area contributed by atoms with E-state index in [0.29, 0.717) is 36.3 Å². The molecular weight excluding hydrogens is 443 g/mol. The zero-order valence-corrected chi connectivity index (χ0v) is 18.1. The number of carbonyl (C=O) groups is 1. The minimum Gasteiger partial charge on any atom is -0.372 e. The van der Waals surface area contributed by atoms with Crippen LogP contribution in [0, 0.1) is 30.3 Å². The number of hydrogen-bond donors (Lipinski definition) is 1.